The van der Waals surface area contributed by atoms with Crippen molar-refractivity contribution in [2.24, 2.45) is 0 Å². The first-order valence-electron chi connectivity index (χ1n) is 3.59. The average molecular weight is 185 g/mol. The highest BCUT2D eigenvalue weighted by Crippen LogP contribution is 2.05. The molecule has 0 bridgehead atoms. The van der Waals surface area contributed by atoms with Crippen LogP contribution in [-0.4, -0.2) is 24.5 Å². The Kier molecular flexibility index (Phi) is 8.06. The first kappa shape index (κ1) is 10.5. The van der Waals surface area contributed by atoms with Crippen molar-refractivity contribution in [2.45, 2.75) is 25.1 Å². The molecule has 0 rings (SSSR count). The van der Waals surface area contributed by atoms with Gasteiger partial charge >= 0.3 is 0 Å². The Bertz CT molecular complexity index is 68.6. The third kappa shape index (κ3) is 6.66. The quantitative estimate of drug-likeness (QED) is 0.456. The molecule has 0 aliphatic carbocycles. The van der Waals surface area contributed by atoms with E-state index in [1.54, 1.807) is 0 Å². The van der Waals surface area contributed by atoms with Crippen LogP contribution in [0, 0.1) is 0 Å². The van der Waals surface area contributed by atoms with Crippen LogP contribution in [0.25, 0.3) is 0 Å². The van der Waals surface area contributed by atoms with Crippen molar-refractivity contribution in [3.05, 3.63) is 0 Å². The maximum absolute atomic E-state index is 5.83. The molecule has 0 aliphatic rings. The minimum atomic E-state index is 0.260. The molecule has 1 unspecified atom stereocenters. The normalized spacial score (nSPS) is 13.5. The van der Waals surface area contributed by atoms with E-state index in [0.29, 0.717) is 12.5 Å². The number of rotatable bonds is 6. The van der Waals surface area contributed by atoms with Crippen LogP contribution in [0.5, 0.6) is 0 Å². The van der Waals surface area contributed by atoms with Gasteiger partial charge < -0.3 is 4.74 Å². The molecular formula is C7H14Cl2O. The smallest absolute Gasteiger partial charge is 0.0601 e. The van der Waals surface area contributed by atoms with Crippen molar-refractivity contribution in [1.82, 2.24) is 0 Å². The molecule has 62 valence electrons. The van der Waals surface area contributed by atoms with Crippen molar-refractivity contribution >= 4 is 23.2 Å². The van der Waals surface area contributed by atoms with Gasteiger partial charge in [0.15, 0.2) is 0 Å². The lowest BCUT2D eigenvalue weighted by atomic mass is 10.2. The fourth-order valence-corrected chi connectivity index (χ4v) is 0.770. The predicted octanol–water partition coefficient (Wildman–Crippen LogP) is 2.65. The Labute approximate surface area is 72.6 Å². The molecule has 0 amide bonds. The number of halogens is 2. The number of hydrogen-bond donors (Lipinski definition) is 0. The van der Waals surface area contributed by atoms with Gasteiger partial charge in [-0.25, -0.2) is 0 Å². The molecule has 0 heterocycles. The van der Waals surface area contributed by atoms with Crippen molar-refractivity contribution in [2.75, 3.05) is 19.1 Å². The van der Waals surface area contributed by atoms with E-state index in [-0.39, 0.29) is 5.38 Å². The van der Waals surface area contributed by atoms with E-state index in [1.165, 1.54) is 0 Å². The molecule has 0 aromatic carbocycles. The van der Waals surface area contributed by atoms with E-state index < -0.39 is 0 Å². The molecule has 0 saturated carbocycles. The van der Waals surface area contributed by atoms with Crippen molar-refractivity contribution < 1.29 is 4.74 Å². The summed E-state index contributed by atoms with van der Waals surface area (Å²) < 4.78 is 5.14. The highest BCUT2D eigenvalue weighted by Gasteiger charge is 1.99. The minimum Gasteiger partial charge on any atom is -0.380 e. The van der Waals surface area contributed by atoms with Crippen LogP contribution in [0.3, 0.4) is 0 Å². The second-order valence-corrected chi connectivity index (χ2v) is 3.09. The average Bonchev–Trinajstić information content (AvgIpc) is 1.98. The fourth-order valence-electron chi connectivity index (χ4n) is 0.572. The maximum Gasteiger partial charge on any atom is 0.0601 e. The molecule has 0 aromatic rings. The first-order chi connectivity index (χ1) is 4.81. The second-order valence-electron chi connectivity index (χ2n) is 2.10. The van der Waals surface area contributed by atoms with Gasteiger partial charge in [0.05, 0.1) is 6.61 Å². The van der Waals surface area contributed by atoms with Crippen LogP contribution in [0.2, 0.25) is 0 Å². The second kappa shape index (κ2) is 7.64. The zero-order valence-corrected chi connectivity index (χ0v) is 7.79. The van der Waals surface area contributed by atoms with Crippen molar-refractivity contribution in [3.8, 4) is 0 Å². The summed E-state index contributed by atoms with van der Waals surface area (Å²) in [6.45, 7) is 3.43. The van der Waals surface area contributed by atoms with Crippen LogP contribution in [0.15, 0.2) is 0 Å². The van der Waals surface area contributed by atoms with E-state index in [9.17, 15) is 0 Å². The number of alkyl halides is 2. The van der Waals surface area contributed by atoms with Gasteiger partial charge in [0, 0.05) is 17.9 Å². The standard InChI is InChI=1S/C7H14Cl2O/c1-2-7(9)3-5-10-6-4-8/h7H,2-6H2,1H3. The predicted molar refractivity (Wildman–Crippen MR) is 46.1 cm³/mol. The molecule has 0 aliphatic heterocycles. The highest BCUT2D eigenvalue weighted by molar-refractivity contribution is 6.20. The van der Waals surface area contributed by atoms with Gasteiger partial charge in [0.1, 0.15) is 0 Å². The fraction of sp³-hybridized carbons (Fsp3) is 1.00. The summed E-state index contributed by atoms with van der Waals surface area (Å²) in [6, 6.07) is 0. The molecule has 3 heteroatoms. The van der Waals surface area contributed by atoms with Crippen LogP contribution < -0.4 is 0 Å². The number of ether oxygens (including phenoxy) is 1. The van der Waals surface area contributed by atoms with Gasteiger partial charge in [-0.15, -0.1) is 23.2 Å². The van der Waals surface area contributed by atoms with E-state index in [0.717, 1.165) is 19.4 Å². The van der Waals surface area contributed by atoms with E-state index in [1.807, 2.05) is 0 Å². The summed E-state index contributed by atoms with van der Waals surface area (Å²) in [6.07, 6.45) is 1.93. The topological polar surface area (TPSA) is 9.23 Å². The zero-order chi connectivity index (χ0) is 7.82. The molecule has 10 heavy (non-hydrogen) atoms. The minimum absolute atomic E-state index is 0.260. The van der Waals surface area contributed by atoms with E-state index in [2.05, 4.69) is 6.92 Å². The lowest BCUT2D eigenvalue weighted by Crippen LogP contribution is -2.04. The zero-order valence-electron chi connectivity index (χ0n) is 6.28. The van der Waals surface area contributed by atoms with E-state index in [4.69, 9.17) is 27.9 Å². The van der Waals surface area contributed by atoms with Gasteiger partial charge in [0.2, 0.25) is 0 Å². The van der Waals surface area contributed by atoms with Crippen molar-refractivity contribution in [1.29, 1.82) is 0 Å². The lowest BCUT2D eigenvalue weighted by molar-refractivity contribution is 0.145. The molecule has 0 spiro atoms. The first-order valence-corrected chi connectivity index (χ1v) is 4.56. The van der Waals surface area contributed by atoms with E-state index >= 15 is 0 Å². The molecule has 0 aromatic heterocycles. The van der Waals surface area contributed by atoms with Crippen molar-refractivity contribution in [3.63, 3.8) is 0 Å². The molecule has 1 atom stereocenters. The Hall–Kier alpha value is 0.540. The summed E-state index contributed by atoms with van der Waals surface area (Å²) in [5.74, 6) is 0.569. The van der Waals surface area contributed by atoms with Gasteiger partial charge in [-0.1, -0.05) is 6.92 Å². The monoisotopic (exact) mass is 184 g/mol. The van der Waals surface area contributed by atoms with Gasteiger partial charge in [-0.05, 0) is 12.8 Å². The maximum atomic E-state index is 5.83. The van der Waals surface area contributed by atoms with Gasteiger partial charge in [-0.2, -0.15) is 0 Å². The lowest BCUT2D eigenvalue weighted by Gasteiger charge is -2.05. The summed E-state index contributed by atoms with van der Waals surface area (Å²) in [7, 11) is 0. The Morgan fingerprint density at radius 1 is 1.40 bits per heavy atom. The SMILES string of the molecule is CCC(Cl)CCOCCCl. The molecule has 0 saturated heterocycles. The van der Waals surface area contributed by atoms with Crippen LogP contribution >= 0.6 is 23.2 Å². The Balaban J connectivity index is 2.89. The Morgan fingerprint density at radius 3 is 2.60 bits per heavy atom. The van der Waals surface area contributed by atoms with Gasteiger partial charge in [0.25, 0.3) is 0 Å². The largest absolute Gasteiger partial charge is 0.380 e. The summed E-state index contributed by atoms with van der Waals surface area (Å²) in [5.41, 5.74) is 0. The van der Waals surface area contributed by atoms with Gasteiger partial charge in [-0.3, -0.25) is 0 Å². The molecular weight excluding hydrogens is 171 g/mol. The molecule has 0 N–H and O–H groups in total. The molecule has 0 fully saturated rings. The highest BCUT2D eigenvalue weighted by atomic mass is 35.5. The Morgan fingerprint density at radius 2 is 2.10 bits per heavy atom. The van der Waals surface area contributed by atoms with Crippen LogP contribution in [0.1, 0.15) is 19.8 Å². The summed E-state index contributed by atoms with van der Waals surface area (Å²) in [4.78, 5) is 0. The summed E-state index contributed by atoms with van der Waals surface area (Å²) in [5, 5.41) is 0.260. The summed E-state index contributed by atoms with van der Waals surface area (Å²) >= 11 is 11.2. The third-order valence-corrected chi connectivity index (χ3v) is 1.92. The molecule has 1 nitrogen and oxygen atoms in total. The van der Waals surface area contributed by atoms with Crippen LogP contribution in [0.4, 0.5) is 0 Å². The third-order valence-electron chi connectivity index (χ3n) is 1.24. The number of hydrogen-bond acceptors (Lipinski definition) is 1. The molecule has 0 radical (unpaired) electrons. The van der Waals surface area contributed by atoms with Crippen LogP contribution in [-0.2, 0) is 4.74 Å².